The molecule has 0 saturated heterocycles. The number of esters is 1. The fraction of sp³-hybridized carbons (Fsp3) is 0.364. The fourth-order valence-electron chi connectivity index (χ4n) is 2.92. The van der Waals surface area contributed by atoms with Crippen molar-refractivity contribution in [3.63, 3.8) is 0 Å². The second kappa shape index (κ2) is 8.97. The number of nitrogens with one attached hydrogen (secondary N) is 1. The smallest absolute Gasteiger partial charge is 0.338 e. The Hall–Kier alpha value is -2.71. The van der Waals surface area contributed by atoms with Crippen molar-refractivity contribution in [3.05, 3.63) is 59.2 Å². The fourth-order valence-corrected chi connectivity index (χ4v) is 4.42. The number of hydrogen-bond acceptors (Lipinski definition) is 6. The molecular weight excluding hydrogens is 406 g/mol. The summed E-state index contributed by atoms with van der Waals surface area (Å²) in [5, 5.41) is 0. The lowest BCUT2D eigenvalue weighted by Gasteiger charge is -2.15. The van der Waals surface area contributed by atoms with Crippen LogP contribution in [0.3, 0.4) is 0 Å². The van der Waals surface area contributed by atoms with Gasteiger partial charge in [0.15, 0.2) is 6.10 Å². The maximum Gasteiger partial charge on any atom is 0.338 e. The van der Waals surface area contributed by atoms with E-state index in [1.54, 1.807) is 12.1 Å². The van der Waals surface area contributed by atoms with Gasteiger partial charge in [0.1, 0.15) is 10.6 Å². The van der Waals surface area contributed by atoms with Gasteiger partial charge in [-0.05, 0) is 49.9 Å². The number of aryl methyl sites for hydroxylation is 1. The van der Waals surface area contributed by atoms with E-state index in [-0.39, 0.29) is 28.0 Å². The van der Waals surface area contributed by atoms with E-state index in [4.69, 9.17) is 9.47 Å². The molecule has 1 N–H and O–H groups in total. The number of carbonyl (C=O) groups excluding carboxylic acids is 2. The van der Waals surface area contributed by atoms with Gasteiger partial charge in [0, 0.05) is 11.6 Å². The van der Waals surface area contributed by atoms with Gasteiger partial charge >= 0.3 is 5.97 Å². The first-order chi connectivity index (χ1) is 14.2. The largest absolute Gasteiger partial charge is 0.495 e. The van der Waals surface area contributed by atoms with Crippen molar-refractivity contribution in [2.75, 3.05) is 7.11 Å². The van der Waals surface area contributed by atoms with E-state index in [9.17, 15) is 18.0 Å². The Labute approximate surface area is 176 Å². The minimum Gasteiger partial charge on any atom is -0.495 e. The Bertz CT molecular complexity index is 1040. The predicted octanol–water partition coefficient (Wildman–Crippen LogP) is 3.13. The van der Waals surface area contributed by atoms with Crippen LogP contribution in [0, 0.1) is 0 Å². The van der Waals surface area contributed by atoms with Crippen LogP contribution in [0.25, 0.3) is 0 Å². The lowest BCUT2D eigenvalue weighted by atomic mass is 10.0. The number of benzene rings is 2. The third kappa shape index (κ3) is 5.06. The molecule has 0 radical (unpaired) electrons. The minimum atomic E-state index is -3.84. The van der Waals surface area contributed by atoms with E-state index in [0.29, 0.717) is 5.56 Å². The molecule has 0 aliphatic heterocycles. The number of rotatable bonds is 9. The van der Waals surface area contributed by atoms with Crippen LogP contribution in [0.1, 0.15) is 53.0 Å². The van der Waals surface area contributed by atoms with Crippen molar-refractivity contribution >= 4 is 21.8 Å². The average Bonchev–Trinajstić information content (AvgIpc) is 3.55. The molecule has 3 rings (SSSR count). The molecule has 1 aliphatic carbocycles. The Kier molecular flexibility index (Phi) is 6.58. The Morgan fingerprint density at radius 1 is 1.10 bits per heavy atom. The van der Waals surface area contributed by atoms with Crippen LogP contribution in [-0.2, 0) is 21.2 Å². The zero-order chi connectivity index (χ0) is 21.9. The molecule has 1 atom stereocenters. The molecule has 1 fully saturated rings. The van der Waals surface area contributed by atoms with Gasteiger partial charge in [0.25, 0.3) is 0 Å². The number of carbonyl (C=O) groups is 2. The van der Waals surface area contributed by atoms with E-state index >= 15 is 0 Å². The summed E-state index contributed by atoms with van der Waals surface area (Å²) in [6.45, 7) is 3.51. The van der Waals surface area contributed by atoms with E-state index in [1.165, 1.54) is 32.2 Å². The van der Waals surface area contributed by atoms with Gasteiger partial charge < -0.3 is 9.47 Å². The predicted molar refractivity (Wildman–Crippen MR) is 111 cm³/mol. The van der Waals surface area contributed by atoms with Crippen LogP contribution in [0.15, 0.2) is 47.4 Å². The van der Waals surface area contributed by atoms with Crippen LogP contribution >= 0.6 is 0 Å². The van der Waals surface area contributed by atoms with Gasteiger partial charge in [0.05, 0.1) is 12.7 Å². The standard InChI is InChI=1S/C22H25NO6S/c1-4-15-5-7-16(8-6-15)21(24)14(2)29-22(25)17-9-12-19(28-3)20(13-17)30(26,27)23-18-10-11-18/h5-9,12-14,18,23H,4,10-11H2,1-3H3. The summed E-state index contributed by atoms with van der Waals surface area (Å²) in [5.74, 6) is -0.992. The number of sulfonamides is 1. The highest BCUT2D eigenvalue weighted by Crippen LogP contribution is 2.28. The van der Waals surface area contributed by atoms with Crippen molar-refractivity contribution < 1.29 is 27.5 Å². The summed E-state index contributed by atoms with van der Waals surface area (Å²) < 4.78 is 38.2. The molecule has 1 saturated carbocycles. The summed E-state index contributed by atoms with van der Waals surface area (Å²) in [6, 6.07) is 11.0. The van der Waals surface area contributed by atoms with Crippen molar-refractivity contribution in [2.45, 2.75) is 50.2 Å². The Morgan fingerprint density at radius 3 is 2.30 bits per heavy atom. The molecule has 1 unspecified atom stereocenters. The molecule has 7 nitrogen and oxygen atoms in total. The second-order valence-corrected chi connectivity index (χ2v) is 8.91. The van der Waals surface area contributed by atoms with E-state index in [2.05, 4.69) is 4.72 Å². The van der Waals surface area contributed by atoms with E-state index in [0.717, 1.165) is 24.8 Å². The van der Waals surface area contributed by atoms with Gasteiger partial charge in [0.2, 0.25) is 15.8 Å². The van der Waals surface area contributed by atoms with Crippen LogP contribution in [0.5, 0.6) is 5.75 Å². The minimum absolute atomic E-state index is 0.0213. The maximum atomic E-state index is 12.6. The summed E-state index contributed by atoms with van der Waals surface area (Å²) >= 11 is 0. The SMILES string of the molecule is CCc1ccc(C(=O)C(C)OC(=O)c2ccc(OC)c(S(=O)(=O)NC3CC3)c2)cc1. The first-order valence-corrected chi connectivity index (χ1v) is 11.3. The van der Waals surface area contributed by atoms with E-state index < -0.39 is 22.1 Å². The highest BCUT2D eigenvalue weighted by Gasteiger charge is 2.31. The monoisotopic (exact) mass is 431 g/mol. The topological polar surface area (TPSA) is 98.8 Å². The molecular formula is C22H25NO6S. The first kappa shape index (κ1) is 22.0. The lowest BCUT2D eigenvalue weighted by molar-refractivity contribution is 0.0318. The number of Topliss-reactive ketones (excluding diaryl/α,β-unsaturated/α-hetero) is 1. The molecule has 30 heavy (non-hydrogen) atoms. The number of methoxy groups -OCH3 is 1. The van der Waals surface area contributed by atoms with Crippen LogP contribution in [-0.4, -0.2) is 39.4 Å². The number of ketones is 1. The lowest BCUT2D eigenvalue weighted by Crippen LogP contribution is -2.27. The molecule has 0 aromatic heterocycles. The molecule has 0 spiro atoms. The van der Waals surface area contributed by atoms with Crippen LogP contribution < -0.4 is 9.46 Å². The molecule has 160 valence electrons. The summed E-state index contributed by atoms with van der Waals surface area (Å²) in [6.07, 6.45) is 1.40. The van der Waals surface area contributed by atoms with Gasteiger partial charge in [-0.1, -0.05) is 31.2 Å². The molecule has 2 aromatic rings. The normalized spacial score (nSPS) is 14.8. The van der Waals surface area contributed by atoms with Crippen molar-refractivity contribution in [3.8, 4) is 5.75 Å². The van der Waals surface area contributed by atoms with E-state index in [1.807, 2.05) is 19.1 Å². The quantitative estimate of drug-likeness (QED) is 0.484. The Balaban J connectivity index is 1.77. The first-order valence-electron chi connectivity index (χ1n) is 9.79. The number of ether oxygens (including phenoxy) is 2. The zero-order valence-corrected chi connectivity index (χ0v) is 18.0. The van der Waals surface area contributed by atoms with Gasteiger partial charge in [-0.25, -0.2) is 17.9 Å². The highest BCUT2D eigenvalue weighted by molar-refractivity contribution is 7.89. The molecule has 0 heterocycles. The van der Waals surface area contributed by atoms with Gasteiger partial charge in [-0.2, -0.15) is 0 Å². The molecule has 2 aromatic carbocycles. The maximum absolute atomic E-state index is 12.6. The molecule has 0 amide bonds. The average molecular weight is 432 g/mol. The third-order valence-corrected chi connectivity index (χ3v) is 6.43. The van der Waals surface area contributed by atoms with Crippen molar-refractivity contribution in [1.82, 2.24) is 4.72 Å². The zero-order valence-electron chi connectivity index (χ0n) is 17.2. The van der Waals surface area contributed by atoms with Crippen molar-refractivity contribution in [2.24, 2.45) is 0 Å². The second-order valence-electron chi connectivity index (χ2n) is 7.22. The van der Waals surface area contributed by atoms with Crippen LogP contribution in [0.4, 0.5) is 0 Å². The third-order valence-electron chi connectivity index (χ3n) is 4.89. The molecule has 1 aliphatic rings. The molecule has 8 heteroatoms. The summed E-state index contributed by atoms with van der Waals surface area (Å²) in [5.41, 5.74) is 1.56. The van der Waals surface area contributed by atoms with Crippen molar-refractivity contribution in [1.29, 1.82) is 0 Å². The summed E-state index contributed by atoms with van der Waals surface area (Å²) in [7, 11) is -2.48. The highest BCUT2D eigenvalue weighted by atomic mass is 32.2. The van der Waals surface area contributed by atoms with Crippen LogP contribution in [0.2, 0.25) is 0 Å². The number of hydrogen-bond donors (Lipinski definition) is 1. The van der Waals surface area contributed by atoms with Gasteiger partial charge in [-0.3, -0.25) is 4.79 Å². The summed E-state index contributed by atoms with van der Waals surface area (Å²) in [4.78, 5) is 25.0. The molecule has 0 bridgehead atoms. The van der Waals surface area contributed by atoms with Gasteiger partial charge in [-0.15, -0.1) is 0 Å². The Morgan fingerprint density at radius 2 is 1.73 bits per heavy atom.